The summed E-state index contributed by atoms with van der Waals surface area (Å²) in [6, 6.07) is 15.3. The molecule has 0 unspecified atom stereocenters. The Hall–Kier alpha value is -5.06. The summed E-state index contributed by atoms with van der Waals surface area (Å²) in [5.74, 6) is 2.26. The summed E-state index contributed by atoms with van der Waals surface area (Å²) in [7, 11) is 0. The molecule has 1 aliphatic heterocycles. The Bertz CT molecular complexity index is 1540. The molecule has 2 heterocycles. The quantitative estimate of drug-likeness (QED) is 0.171. The summed E-state index contributed by atoms with van der Waals surface area (Å²) in [6.07, 6.45) is 7.00. The molecule has 0 saturated carbocycles. The van der Waals surface area contributed by atoms with Crippen LogP contribution in [0.5, 0.6) is 0 Å². The normalized spacial score (nSPS) is 16.0. The summed E-state index contributed by atoms with van der Waals surface area (Å²) >= 11 is 0. The van der Waals surface area contributed by atoms with Gasteiger partial charge in [0, 0.05) is 12.5 Å². The highest BCUT2D eigenvalue weighted by Gasteiger charge is 2.37. The van der Waals surface area contributed by atoms with Crippen LogP contribution in [0.3, 0.4) is 0 Å². The Labute approximate surface area is 273 Å². The second-order valence-electron chi connectivity index (χ2n) is 11.0. The molecule has 3 aromatic rings. The van der Waals surface area contributed by atoms with Crippen molar-refractivity contribution in [3.63, 3.8) is 0 Å². The summed E-state index contributed by atoms with van der Waals surface area (Å²) in [6.45, 7) is 7.81. The van der Waals surface area contributed by atoms with Gasteiger partial charge in [0.1, 0.15) is 38.3 Å². The number of aryl methyl sites for hydroxylation is 1. The number of rotatable bonds is 12. The van der Waals surface area contributed by atoms with E-state index in [0.29, 0.717) is 18.9 Å². The van der Waals surface area contributed by atoms with Gasteiger partial charge >= 0.3 is 12.1 Å². The number of hydrogen-bond acceptors (Lipinski definition) is 10. The van der Waals surface area contributed by atoms with Gasteiger partial charge < -0.3 is 29.5 Å². The molecule has 1 fully saturated rings. The fraction of sp³-hybridized carbons (Fsp3) is 0.412. The number of carbonyl (C=O) groups excluding carboxylic acids is 3. The largest absolute Gasteiger partial charge is 0.463 e. The van der Waals surface area contributed by atoms with Crippen molar-refractivity contribution in [3.8, 4) is 23.5 Å². The number of aromatic nitrogens is 4. The first kappa shape index (κ1) is 34.8. The number of aliphatic hydroxyl groups is 1. The lowest BCUT2D eigenvalue weighted by molar-refractivity contribution is -0.147. The second-order valence-corrected chi connectivity index (χ2v) is 11.0. The van der Waals surface area contributed by atoms with Gasteiger partial charge in [-0.15, -0.1) is 11.5 Å². The molecule has 2 aliphatic rings. The van der Waals surface area contributed by atoms with Crippen LogP contribution in [0.1, 0.15) is 42.6 Å². The number of amides is 2. The van der Waals surface area contributed by atoms with E-state index in [1.165, 1.54) is 28.3 Å². The molecular formula is C34H40N6O7. The number of nitrogens with one attached hydrogen (secondary N) is 1. The number of alkyl carbamates (subject to hydrolysis) is 1. The molecule has 2 amide bonds. The van der Waals surface area contributed by atoms with Crippen LogP contribution in [0, 0.1) is 19.3 Å². The first-order chi connectivity index (χ1) is 22.8. The van der Waals surface area contributed by atoms with Crippen molar-refractivity contribution in [2.24, 2.45) is 0 Å². The monoisotopic (exact) mass is 644 g/mol. The number of hydrogen-bond donors (Lipinski definition) is 2. The van der Waals surface area contributed by atoms with Gasteiger partial charge in [0.15, 0.2) is 0 Å². The van der Waals surface area contributed by atoms with E-state index in [-0.39, 0.29) is 37.7 Å². The second kappa shape index (κ2) is 17.0. The van der Waals surface area contributed by atoms with Gasteiger partial charge in [-0.1, -0.05) is 67.1 Å². The highest BCUT2D eigenvalue weighted by molar-refractivity contribution is 5.86. The average Bonchev–Trinajstić information content (AvgIpc) is 3.81. The molecule has 5 rings (SSSR count). The topological polar surface area (TPSA) is 158 Å². The number of aliphatic hydroxyl groups excluding tert-OH is 1. The summed E-state index contributed by atoms with van der Waals surface area (Å²) < 4.78 is 17.2. The zero-order chi connectivity index (χ0) is 33.8. The Morgan fingerprint density at radius 3 is 2.43 bits per heavy atom. The SMILES string of the molecule is C#CCO[C@H](C)[C@H](NC(=O)OCC=C)C(=O)N1CCC[C@H]1Cn1nnnc1C.O=C(CO)OCC1c2ccccc2-c2ccccc21. The fourth-order valence-corrected chi connectivity index (χ4v) is 5.73. The maximum atomic E-state index is 13.2. The van der Waals surface area contributed by atoms with Crippen LogP contribution in [0.2, 0.25) is 0 Å². The first-order valence-corrected chi connectivity index (χ1v) is 15.4. The Morgan fingerprint density at radius 1 is 1.15 bits per heavy atom. The van der Waals surface area contributed by atoms with Crippen LogP contribution in [0.25, 0.3) is 11.1 Å². The van der Waals surface area contributed by atoms with E-state index in [9.17, 15) is 14.4 Å². The van der Waals surface area contributed by atoms with Crippen molar-refractivity contribution in [1.82, 2.24) is 30.4 Å². The lowest BCUT2D eigenvalue weighted by Gasteiger charge is -2.31. The predicted molar refractivity (Wildman–Crippen MR) is 172 cm³/mol. The van der Waals surface area contributed by atoms with E-state index < -0.39 is 30.8 Å². The molecule has 0 bridgehead atoms. The van der Waals surface area contributed by atoms with Crippen molar-refractivity contribution in [3.05, 3.63) is 78.1 Å². The minimum Gasteiger partial charge on any atom is -0.463 e. The summed E-state index contributed by atoms with van der Waals surface area (Å²) in [5, 5.41) is 22.8. The van der Waals surface area contributed by atoms with E-state index in [1.54, 1.807) is 23.4 Å². The molecule has 1 saturated heterocycles. The summed E-state index contributed by atoms with van der Waals surface area (Å²) in [5.41, 5.74) is 4.75. The Kier molecular flexibility index (Phi) is 12.6. The molecule has 1 aliphatic carbocycles. The molecule has 13 heteroatoms. The lowest BCUT2D eigenvalue weighted by Crippen LogP contribution is -2.56. The van der Waals surface area contributed by atoms with E-state index in [2.05, 4.69) is 57.6 Å². The van der Waals surface area contributed by atoms with Crippen LogP contribution >= 0.6 is 0 Å². The molecular weight excluding hydrogens is 604 g/mol. The molecule has 47 heavy (non-hydrogen) atoms. The van der Waals surface area contributed by atoms with Crippen LogP contribution in [-0.2, 0) is 30.3 Å². The maximum Gasteiger partial charge on any atom is 0.408 e. The number of tetrazole rings is 1. The van der Waals surface area contributed by atoms with Gasteiger partial charge in [0.05, 0.1) is 18.7 Å². The van der Waals surface area contributed by atoms with Crippen molar-refractivity contribution < 1.29 is 33.7 Å². The van der Waals surface area contributed by atoms with Crippen molar-refractivity contribution >= 4 is 18.0 Å². The highest BCUT2D eigenvalue weighted by Crippen LogP contribution is 2.44. The molecule has 13 nitrogen and oxygen atoms in total. The number of benzene rings is 2. The number of carbonyl (C=O) groups is 3. The number of likely N-dealkylation sites (tertiary alicyclic amines) is 1. The average molecular weight is 645 g/mol. The number of terminal acetylenes is 1. The lowest BCUT2D eigenvalue weighted by atomic mass is 9.98. The van der Waals surface area contributed by atoms with E-state index in [1.807, 2.05) is 24.3 Å². The van der Waals surface area contributed by atoms with Gasteiger partial charge in [-0.3, -0.25) is 4.79 Å². The van der Waals surface area contributed by atoms with Crippen LogP contribution in [-0.4, -0.2) is 99.3 Å². The third-order valence-electron chi connectivity index (χ3n) is 8.03. The Morgan fingerprint density at radius 2 is 1.83 bits per heavy atom. The predicted octanol–water partition coefficient (Wildman–Crippen LogP) is 2.63. The van der Waals surface area contributed by atoms with E-state index >= 15 is 0 Å². The maximum absolute atomic E-state index is 13.2. The van der Waals surface area contributed by atoms with Crippen LogP contribution in [0.4, 0.5) is 4.79 Å². The zero-order valence-electron chi connectivity index (χ0n) is 26.6. The van der Waals surface area contributed by atoms with E-state index in [4.69, 9.17) is 25.7 Å². The number of ether oxygens (including phenoxy) is 3. The highest BCUT2D eigenvalue weighted by atomic mass is 16.6. The van der Waals surface area contributed by atoms with Crippen LogP contribution in [0.15, 0.2) is 61.2 Å². The molecule has 2 N–H and O–H groups in total. The fourth-order valence-electron chi connectivity index (χ4n) is 5.73. The molecule has 1 aromatic heterocycles. The van der Waals surface area contributed by atoms with Gasteiger partial charge in [-0.25, -0.2) is 14.3 Å². The molecule has 3 atom stereocenters. The smallest absolute Gasteiger partial charge is 0.408 e. The standard InChI is InChI=1S/C18H26N6O4.C16H14O3/c1-5-10-27-13(3)16(19-18(26)28-11-6-2)17(25)23-9-7-8-15(23)12-24-14(4)20-21-22-24;17-9-16(18)19-10-15-13-7-3-1-5-11(13)12-6-2-4-8-14(12)15/h1,6,13,15-16H,2,7-12H2,3-4H3,(H,19,26);1-8,15,17H,9-10H2/t13-,15+,16+;/m1./s1. The number of fused-ring (bicyclic) bond motifs is 3. The number of esters is 1. The zero-order valence-corrected chi connectivity index (χ0v) is 26.6. The third kappa shape index (κ3) is 8.81. The molecule has 0 spiro atoms. The number of nitrogens with zero attached hydrogens (tertiary/aromatic N) is 5. The van der Waals surface area contributed by atoms with Crippen molar-refractivity contribution in [1.29, 1.82) is 0 Å². The van der Waals surface area contributed by atoms with Crippen molar-refractivity contribution in [2.45, 2.75) is 57.3 Å². The molecule has 2 aromatic carbocycles. The van der Waals surface area contributed by atoms with Gasteiger partial charge in [0.2, 0.25) is 5.91 Å². The third-order valence-corrected chi connectivity index (χ3v) is 8.03. The minimum atomic E-state index is -0.929. The first-order valence-electron chi connectivity index (χ1n) is 15.4. The van der Waals surface area contributed by atoms with Crippen LogP contribution < -0.4 is 5.32 Å². The van der Waals surface area contributed by atoms with Gasteiger partial charge in [-0.2, -0.15) is 0 Å². The van der Waals surface area contributed by atoms with E-state index in [0.717, 1.165) is 12.8 Å². The molecule has 0 radical (unpaired) electrons. The van der Waals surface area contributed by atoms with Gasteiger partial charge in [-0.05, 0) is 59.4 Å². The van der Waals surface area contributed by atoms with Gasteiger partial charge in [0.25, 0.3) is 0 Å². The molecule has 248 valence electrons. The van der Waals surface area contributed by atoms with Crippen molar-refractivity contribution in [2.75, 3.05) is 33.0 Å². The minimum absolute atomic E-state index is 0.0293. The Balaban J connectivity index is 0.000000228. The summed E-state index contributed by atoms with van der Waals surface area (Å²) in [4.78, 5) is 38.1.